The van der Waals surface area contributed by atoms with Crippen molar-refractivity contribution in [2.24, 2.45) is 4.99 Å². The number of aryl methyl sites for hydroxylation is 1. The molecule has 1 N–H and O–H groups in total. The monoisotopic (exact) mass is 428 g/mol. The Bertz CT molecular complexity index is 643. The third kappa shape index (κ3) is 6.13. The minimum absolute atomic E-state index is 0. The number of hydrogen-bond donors (Lipinski definition) is 1. The Morgan fingerprint density at radius 1 is 1.26 bits per heavy atom. The summed E-state index contributed by atoms with van der Waals surface area (Å²) in [6.45, 7) is 3.19. The van der Waals surface area contributed by atoms with Gasteiger partial charge in [0.25, 0.3) is 0 Å². The third-order valence-electron chi connectivity index (χ3n) is 3.31. The van der Waals surface area contributed by atoms with Crippen LogP contribution in [0, 0.1) is 12.7 Å². The molecule has 1 heterocycles. The molecule has 0 unspecified atom stereocenters. The molecule has 6 heteroatoms. The molecule has 4 nitrogen and oxygen atoms in total. The topological polar surface area (TPSA) is 40.5 Å². The van der Waals surface area contributed by atoms with Crippen LogP contribution in [0.4, 0.5) is 4.39 Å². The van der Waals surface area contributed by atoms with Gasteiger partial charge < -0.3 is 10.2 Å². The lowest BCUT2D eigenvalue weighted by atomic mass is 10.2. The number of rotatable bonds is 4. The Balaban J connectivity index is 0.00000264. The zero-order chi connectivity index (χ0) is 15.9. The van der Waals surface area contributed by atoms with E-state index in [2.05, 4.69) is 15.3 Å². The number of aliphatic imine (C=N–C) groups is 1. The fraction of sp³-hybridized carbons (Fsp3) is 0.294. The van der Waals surface area contributed by atoms with Crippen LogP contribution in [-0.2, 0) is 13.1 Å². The second-order valence-corrected chi connectivity index (χ2v) is 5.19. The van der Waals surface area contributed by atoms with E-state index in [4.69, 9.17) is 0 Å². The van der Waals surface area contributed by atoms with Crippen LogP contribution in [-0.4, -0.2) is 29.9 Å². The molecular formula is C17H22FIN4. The van der Waals surface area contributed by atoms with Crippen LogP contribution in [0.1, 0.15) is 16.8 Å². The zero-order valence-electron chi connectivity index (χ0n) is 13.6. The summed E-state index contributed by atoms with van der Waals surface area (Å²) in [4.78, 5) is 10.5. The molecule has 0 atom stereocenters. The quantitative estimate of drug-likeness (QED) is 0.462. The van der Waals surface area contributed by atoms with Gasteiger partial charge in [-0.3, -0.25) is 9.98 Å². The number of hydrogen-bond acceptors (Lipinski definition) is 2. The van der Waals surface area contributed by atoms with Gasteiger partial charge in [-0.2, -0.15) is 0 Å². The maximum Gasteiger partial charge on any atom is 0.193 e. The molecule has 1 aromatic heterocycles. The number of nitrogens with zero attached hydrogens (tertiary/aromatic N) is 3. The van der Waals surface area contributed by atoms with E-state index < -0.39 is 0 Å². The lowest BCUT2D eigenvalue weighted by Crippen LogP contribution is -2.38. The maximum absolute atomic E-state index is 13.2. The number of nitrogens with one attached hydrogen (secondary N) is 1. The van der Waals surface area contributed by atoms with Crippen molar-refractivity contribution in [1.29, 1.82) is 0 Å². The molecule has 0 amide bonds. The number of benzene rings is 1. The highest BCUT2D eigenvalue weighted by Gasteiger charge is 2.07. The van der Waals surface area contributed by atoms with E-state index in [1.807, 2.05) is 43.3 Å². The Morgan fingerprint density at radius 3 is 2.65 bits per heavy atom. The summed E-state index contributed by atoms with van der Waals surface area (Å²) in [5.41, 5.74) is 2.99. The van der Waals surface area contributed by atoms with Crippen LogP contribution < -0.4 is 5.32 Å². The van der Waals surface area contributed by atoms with Gasteiger partial charge in [-0.05, 0) is 36.2 Å². The van der Waals surface area contributed by atoms with E-state index in [-0.39, 0.29) is 29.8 Å². The zero-order valence-corrected chi connectivity index (χ0v) is 15.9. The van der Waals surface area contributed by atoms with Gasteiger partial charge in [0.1, 0.15) is 5.82 Å². The van der Waals surface area contributed by atoms with Gasteiger partial charge in [0.05, 0.1) is 0 Å². The highest BCUT2D eigenvalue weighted by atomic mass is 127. The van der Waals surface area contributed by atoms with Crippen LogP contribution in [0.15, 0.2) is 47.6 Å². The molecule has 0 saturated heterocycles. The Kier molecular flexibility index (Phi) is 7.94. The van der Waals surface area contributed by atoms with Gasteiger partial charge in [0, 0.05) is 39.1 Å². The van der Waals surface area contributed by atoms with Crippen molar-refractivity contribution in [1.82, 2.24) is 15.2 Å². The summed E-state index contributed by atoms with van der Waals surface area (Å²) in [6, 6.07) is 10.6. The molecule has 0 spiro atoms. The Morgan fingerprint density at radius 2 is 2.04 bits per heavy atom. The first-order valence-corrected chi connectivity index (χ1v) is 7.16. The van der Waals surface area contributed by atoms with E-state index in [0.717, 1.165) is 22.8 Å². The van der Waals surface area contributed by atoms with Crippen LogP contribution in [0.5, 0.6) is 0 Å². The first-order chi connectivity index (χ1) is 10.6. The van der Waals surface area contributed by atoms with Crippen LogP contribution >= 0.6 is 24.0 Å². The predicted molar refractivity (Wildman–Crippen MR) is 102 cm³/mol. The molecule has 2 rings (SSSR count). The van der Waals surface area contributed by atoms with Crippen molar-refractivity contribution in [3.63, 3.8) is 0 Å². The predicted octanol–water partition coefficient (Wildman–Crippen LogP) is 3.35. The van der Waals surface area contributed by atoms with Crippen LogP contribution in [0.3, 0.4) is 0 Å². The van der Waals surface area contributed by atoms with Crippen molar-refractivity contribution >= 4 is 29.9 Å². The maximum atomic E-state index is 13.2. The van der Waals surface area contributed by atoms with Crippen molar-refractivity contribution in [2.75, 3.05) is 14.1 Å². The van der Waals surface area contributed by atoms with Gasteiger partial charge in [-0.1, -0.05) is 18.2 Å². The molecule has 124 valence electrons. The Hall–Kier alpha value is -1.70. The summed E-state index contributed by atoms with van der Waals surface area (Å²) < 4.78 is 13.2. The van der Waals surface area contributed by atoms with Crippen LogP contribution in [0.2, 0.25) is 0 Å². The molecule has 0 radical (unpaired) electrons. The number of halogens is 2. The summed E-state index contributed by atoms with van der Waals surface area (Å²) in [5.74, 6) is 0.532. The lowest BCUT2D eigenvalue weighted by Gasteiger charge is -2.22. The van der Waals surface area contributed by atoms with Crippen molar-refractivity contribution in [3.05, 3.63) is 65.2 Å². The van der Waals surface area contributed by atoms with Crippen LogP contribution in [0.25, 0.3) is 0 Å². The largest absolute Gasteiger partial charge is 0.352 e. The first kappa shape index (κ1) is 19.3. The minimum Gasteiger partial charge on any atom is -0.352 e. The normalized spacial score (nSPS) is 10.9. The molecule has 0 aliphatic heterocycles. The number of aromatic nitrogens is 1. The average molecular weight is 428 g/mol. The van der Waals surface area contributed by atoms with E-state index in [1.165, 1.54) is 12.1 Å². The summed E-state index contributed by atoms with van der Waals surface area (Å²) in [5, 5.41) is 3.28. The lowest BCUT2D eigenvalue weighted by molar-refractivity contribution is 0.474. The fourth-order valence-corrected chi connectivity index (χ4v) is 2.15. The average Bonchev–Trinajstić information content (AvgIpc) is 2.49. The van der Waals surface area contributed by atoms with E-state index in [1.54, 1.807) is 13.1 Å². The van der Waals surface area contributed by atoms with Crippen molar-refractivity contribution in [3.8, 4) is 0 Å². The standard InChI is InChI=1S/C17H21FN4.HI/c1-13-7-8-15(10-20-13)11-21-17(19-2)22(3)12-14-5-4-6-16(18)9-14;/h4-10H,11-12H2,1-3H3,(H,19,21);1H. The second kappa shape index (κ2) is 9.44. The third-order valence-corrected chi connectivity index (χ3v) is 3.31. The summed E-state index contributed by atoms with van der Waals surface area (Å²) >= 11 is 0. The molecule has 0 fully saturated rings. The smallest absolute Gasteiger partial charge is 0.193 e. The molecule has 0 bridgehead atoms. The van der Waals surface area contributed by atoms with Gasteiger partial charge in [0.15, 0.2) is 5.96 Å². The molecule has 1 aromatic carbocycles. The minimum atomic E-state index is -0.223. The molecular weight excluding hydrogens is 406 g/mol. The molecule has 0 saturated carbocycles. The molecule has 0 aliphatic rings. The van der Waals surface area contributed by atoms with Crippen molar-refractivity contribution in [2.45, 2.75) is 20.0 Å². The second-order valence-electron chi connectivity index (χ2n) is 5.19. The van der Waals surface area contributed by atoms with Gasteiger partial charge in [0.2, 0.25) is 0 Å². The summed E-state index contributed by atoms with van der Waals surface area (Å²) in [6.07, 6.45) is 1.85. The number of guanidine groups is 1. The van der Waals surface area contributed by atoms with Gasteiger partial charge >= 0.3 is 0 Å². The van der Waals surface area contributed by atoms with E-state index >= 15 is 0 Å². The molecule has 23 heavy (non-hydrogen) atoms. The summed E-state index contributed by atoms with van der Waals surface area (Å²) in [7, 11) is 3.66. The number of pyridine rings is 1. The highest BCUT2D eigenvalue weighted by Crippen LogP contribution is 2.07. The van der Waals surface area contributed by atoms with Gasteiger partial charge in [-0.15, -0.1) is 24.0 Å². The first-order valence-electron chi connectivity index (χ1n) is 7.16. The van der Waals surface area contributed by atoms with Gasteiger partial charge in [-0.25, -0.2) is 4.39 Å². The van der Waals surface area contributed by atoms with E-state index in [0.29, 0.717) is 13.1 Å². The SMILES string of the molecule is CN=C(NCc1ccc(C)nc1)N(C)Cc1cccc(F)c1.I. The highest BCUT2D eigenvalue weighted by molar-refractivity contribution is 14.0. The Labute approximate surface area is 153 Å². The fourth-order valence-electron chi connectivity index (χ4n) is 2.15. The van der Waals surface area contributed by atoms with Crippen molar-refractivity contribution < 1.29 is 4.39 Å². The molecule has 2 aromatic rings. The molecule has 0 aliphatic carbocycles. The van der Waals surface area contributed by atoms with E-state index in [9.17, 15) is 4.39 Å².